The largest absolute Gasteiger partial charge is 0.480 e. The zero-order chi connectivity index (χ0) is 10.1. The molecule has 0 unspecified atom stereocenters. The van der Waals surface area contributed by atoms with E-state index in [9.17, 15) is 4.79 Å². The highest BCUT2D eigenvalue weighted by molar-refractivity contribution is 5.67. The molecular formula is C6H11N3O4. The van der Waals surface area contributed by atoms with Crippen LogP contribution in [0.15, 0.2) is 5.11 Å². The standard InChI is InChI=1S/C6H11N3O4/c1-5(8-9-7)13-3-2-12-4-6(10)11/h5H,2-4H2,1H3,(H,10,11)/t5-/m0/s1. The number of carboxylic acids is 1. The lowest BCUT2D eigenvalue weighted by molar-refractivity contribution is -0.142. The van der Waals surface area contributed by atoms with Crippen molar-refractivity contribution in [2.45, 2.75) is 13.2 Å². The summed E-state index contributed by atoms with van der Waals surface area (Å²) in [6, 6.07) is 0. The predicted molar refractivity (Wildman–Crippen MR) is 43.0 cm³/mol. The molecule has 0 fully saturated rings. The maximum atomic E-state index is 9.97. The molecule has 1 N–H and O–H groups in total. The lowest BCUT2D eigenvalue weighted by atomic mass is 10.6. The number of rotatable bonds is 7. The highest BCUT2D eigenvalue weighted by atomic mass is 16.5. The molecule has 0 aromatic rings. The van der Waals surface area contributed by atoms with E-state index in [0.29, 0.717) is 0 Å². The molecule has 0 bridgehead atoms. The first-order valence-corrected chi connectivity index (χ1v) is 3.62. The highest BCUT2D eigenvalue weighted by Crippen LogP contribution is 1.92. The van der Waals surface area contributed by atoms with Crippen LogP contribution in [0.2, 0.25) is 0 Å². The molecule has 0 aliphatic heterocycles. The number of ether oxygens (including phenoxy) is 2. The van der Waals surface area contributed by atoms with Crippen molar-refractivity contribution < 1.29 is 19.4 Å². The molecule has 7 nitrogen and oxygen atoms in total. The average molecular weight is 189 g/mol. The van der Waals surface area contributed by atoms with Crippen LogP contribution in [0, 0.1) is 0 Å². The van der Waals surface area contributed by atoms with Crippen LogP contribution in [0.5, 0.6) is 0 Å². The van der Waals surface area contributed by atoms with Crippen LogP contribution >= 0.6 is 0 Å². The van der Waals surface area contributed by atoms with Gasteiger partial charge in [0, 0.05) is 4.91 Å². The minimum absolute atomic E-state index is 0.164. The van der Waals surface area contributed by atoms with Gasteiger partial charge in [-0.05, 0) is 12.5 Å². The Morgan fingerprint density at radius 3 is 2.92 bits per heavy atom. The third kappa shape index (κ3) is 8.61. The van der Waals surface area contributed by atoms with E-state index >= 15 is 0 Å². The van der Waals surface area contributed by atoms with Crippen LogP contribution in [0.4, 0.5) is 0 Å². The van der Waals surface area contributed by atoms with Crippen molar-refractivity contribution in [1.29, 1.82) is 0 Å². The molecule has 0 saturated heterocycles. The van der Waals surface area contributed by atoms with Gasteiger partial charge in [-0.2, -0.15) is 0 Å². The molecule has 0 aliphatic carbocycles. The second-order valence-corrected chi connectivity index (χ2v) is 2.12. The molecule has 0 rings (SSSR count). The van der Waals surface area contributed by atoms with Gasteiger partial charge in [0.25, 0.3) is 0 Å². The fourth-order valence-electron chi connectivity index (χ4n) is 0.543. The van der Waals surface area contributed by atoms with Crippen molar-refractivity contribution in [3.05, 3.63) is 10.4 Å². The number of hydrogen-bond donors (Lipinski definition) is 1. The van der Waals surface area contributed by atoms with E-state index in [1.807, 2.05) is 0 Å². The first-order chi connectivity index (χ1) is 6.16. The van der Waals surface area contributed by atoms with Gasteiger partial charge >= 0.3 is 5.97 Å². The Morgan fingerprint density at radius 2 is 2.38 bits per heavy atom. The van der Waals surface area contributed by atoms with Gasteiger partial charge in [0.05, 0.1) is 13.2 Å². The topological polar surface area (TPSA) is 105 Å². The minimum atomic E-state index is -1.02. The summed E-state index contributed by atoms with van der Waals surface area (Å²) in [5.41, 5.74) is 7.98. The Labute approximate surface area is 74.9 Å². The molecule has 0 amide bonds. The number of carbonyl (C=O) groups is 1. The number of azide groups is 1. The van der Waals surface area contributed by atoms with Gasteiger partial charge in [-0.15, -0.1) is 0 Å². The highest BCUT2D eigenvalue weighted by Gasteiger charge is 1.98. The Bertz CT molecular complexity index is 202. The lowest BCUT2D eigenvalue weighted by Gasteiger charge is -2.06. The van der Waals surface area contributed by atoms with Crippen LogP contribution in [0.3, 0.4) is 0 Å². The molecule has 13 heavy (non-hydrogen) atoms. The van der Waals surface area contributed by atoms with Crippen molar-refractivity contribution in [1.82, 2.24) is 0 Å². The van der Waals surface area contributed by atoms with E-state index in [0.717, 1.165) is 0 Å². The summed E-state index contributed by atoms with van der Waals surface area (Å²) in [5.74, 6) is -1.02. The van der Waals surface area contributed by atoms with Crippen molar-refractivity contribution in [2.75, 3.05) is 19.8 Å². The maximum absolute atomic E-state index is 9.97. The number of carboxylic acid groups (broad SMARTS) is 1. The second-order valence-electron chi connectivity index (χ2n) is 2.12. The molecule has 0 saturated carbocycles. The molecular weight excluding hydrogens is 178 g/mol. The molecule has 74 valence electrons. The van der Waals surface area contributed by atoms with Gasteiger partial charge in [0.1, 0.15) is 12.8 Å². The summed E-state index contributed by atoms with van der Waals surface area (Å²) in [6.07, 6.45) is -0.557. The van der Waals surface area contributed by atoms with Crippen LogP contribution < -0.4 is 0 Å². The lowest BCUT2D eigenvalue weighted by Crippen LogP contribution is -2.14. The van der Waals surface area contributed by atoms with E-state index in [2.05, 4.69) is 14.8 Å². The third-order valence-electron chi connectivity index (χ3n) is 1.03. The molecule has 0 spiro atoms. The summed E-state index contributed by atoms with van der Waals surface area (Å²) in [6.45, 7) is 1.60. The van der Waals surface area contributed by atoms with E-state index in [1.54, 1.807) is 6.92 Å². The van der Waals surface area contributed by atoms with Gasteiger partial charge < -0.3 is 14.6 Å². The van der Waals surface area contributed by atoms with Crippen molar-refractivity contribution >= 4 is 5.97 Å². The number of aliphatic carboxylic acids is 1. The van der Waals surface area contributed by atoms with E-state index in [-0.39, 0.29) is 19.8 Å². The van der Waals surface area contributed by atoms with E-state index in [1.165, 1.54) is 0 Å². The molecule has 7 heteroatoms. The van der Waals surface area contributed by atoms with Crippen molar-refractivity contribution in [2.24, 2.45) is 5.11 Å². The van der Waals surface area contributed by atoms with Gasteiger partial charge in [-0.1, -0.05) is 5.11 Å². The summed E-state index contributed by atoms with van der Waals surface area (Å²) >= 11 is 0. The van der Waals surface area contributed by atoms with Gasteiger partial charge in [-0.25, -0.2) is 4.79 Å². The quantitative estimate of drug-likeness (QED) is 0.276. The summed E-state index contributed by atoms with van der Waals surface area (Å²) in [5, 5.41) is 11.4. The fourth-order valence-corrected chi connectivity index (χ4v) is 0.543. The fraction of sp³-hybridized carbons (Fsp3) is 0.833. The molecule has 0 aromatic heterocycles. The number of hydrogen-bond acceptors (Lipinski definition) is 4. The minimum Gasteiger partial charge on any atom is -0.480 e. The smallest absolute Gasteiger partial charge is 0.329 e. The van der Waals surface area contributed by atoms with Crippen LogP contribution in [-0.4, -0.2) is 37.1 Å². The van der Waals surface area contributed by atoms with E-state index < -0.39 is 12.2 Å². The van der Waals surface area contributed by atoms with Crippen molar-refractivity contribution in [3.8, 4) is 0 Å². The number of nitrogens with zero attached hydrogens (tertiary/aromatic N) is 3. The average Bonchev–Trinajstić information content (AvgIpc) is 2.03. The molecule has 0 heterocycles. The summed E-state index contributed by atoms with van der Waals surface area (Å²) in [7, 11) is 0. The van der Waals surface area contributed by atoms with Gasteiger partial charge in [0.15, 0.2) is 0 Å². The molecule has 0 aromatic carbocycles. The molecule has 0 radical (unpaired) electrons. The van der Waals surface area contributed by atoms with Crippen molar-refractivity contribution in [3.63, 3.8) is 0 Å². The zero-order valence-electron chi connectivity index (χ0n) is 7.21. The first-order valence-electron chi connectivity index (χ1n) is 3.62. The Kier molecular flexibility index (Phi) is 6.62. The Morgan fingerprint density at radius 1 is 1.69 bits per heavy atom. The summed E-state index contributed by atoms with van der Waals surface area (Å²) in [4.78, 5) is 12.5. The second kappa shape index (κ2) is 7.35. The third-order valence-corrected chi connectivity index (χ3v) is 1.03. The first kappa shape index (κ1) is 11.7. The summed E-state index contributed by atoms with van der Waals surface area (Å²) < 4.78 is 9.59. The van der Waals surface area contributed by atoms with Gasteiger partial charge in [0.2, 0.25) is 0 Å². The molecule has 0 aliphatic rings. The zero-order valence-corrected chi connectivity index (χ0v) is 7.21. The monoisotopic (exact) mass is 189 g/mol. The normalized spacial score (nSPS) is 11.8. The van der Waals surface area contributed by atoms with Gasteiger partial charge in [-0.3, -0.25) is 0 Å². The van der Waals surface area contributed by atoms with Crippen LogP contribution in [0.25, 0.3) is 10.4 Å². The SMILES string of the molecule is C[C@@H](N=[N+]=[N-])OCCOCC(=O)O. The van der Waals surface area contributed by atoms with Crippen LogP contribution in [-0.2, 0) is 14.3 Å². The van der Waals surface area contributed by atoms with E-state index in [4.69, 9.17) is 15.4 Å². The Balaban J connectivity index is 3.25. The predicted octanol–water partition coefficient (Wildman–Crippen LogP) is 0.760. The van der Waals surface area contributed by atoms with Crippen LogP contribution in [0.1, 0.15) is 6.92 Å². The Hall–Kier alpha value is -1.30. The molecule has 1 atom stereocenters. The maximum Gasteiger partial charge on any atom is 0.329 e.